The van der Waals surface area contributed by atoms with Gasteiger partial charge in [0.25, 0.3) is 0 Å². The van der Waals surface area contributed by atoms with Crippen molar-refractivity contribution in [2.24, 2.45) is 0 Å². The van der Waals surface area contributed by atoms with Crippen LogP contribution in [-0.2, 0) is 10.3 Å². The molecule has 0 amide bonds. The minimum Gasteiger partial charge on any atom is -0.268 e. The van der Waals surface area contributed by atoms with Crippen LogP contribution in [0, 0.1) is 10.1 Å². The molecule has 1 rings (SSSR count). The molecule has 0 saturated carbocycles. The first kappa shape index (κ1) is 11.2. The summed E-state index contributed by atoms with van der Waals surface area (Å²) in [6.45, 7) is 0. The van der Waals surface area contributed by atoms with Gasteiger partial charge in [0.05, 0.1) is 5.69 Å². The Labute approximate surface area is 85.1 Å². The van der Waals surface area contributed by atoms with Crippen LogP contribution in [0.25, 0.3) is 0 Å². The summed E-state index contributed by atoms with van der Waals surface area (Å²) in [4.78, 5) is 10.1. The van der Waals surface area contributed by atoms with E-state index < -0.39 is 15.3 Å². The van der Waals surface area contributed by atoms with Crippen LogP contribution < -0.4 is 9.95 Å². The molecule has 9 heteroatoms. The van der Waals surface area contributed by atoms with Crippen molar-refractivity contribution >= 4 is 16.0 Å². The van der Waals surface area contributed by atoms with Crippen LogP contribution >= 0.6 is 0 Å². The lowest BCUT2D eigenvalue weighted by Crippen LogP contribution is -2.45. The zero-order chi connectivity index (χ0) is 11.5. The molecule has 0 atom stereocenters. The molecule has 0 heterocycles. The number of benzene rings is 1. The number of nitrogens with one attached hydrogen (secondary N) is 1. The second kappa shape index (κ2) is 4.11. The molecular weight excluding hydrogens is 226 g/mol. The van der Waals surface area contributed by atoms with Gasteiger partial charge in [-0.05, 0) is 17.7 Å². The van der Waals surface area contributed by atoms with Gasteiger partial charge in [-0.1, -0.05) is 18.2 Å². The summed E-state index contributed by atoms with van der Waals surface area (Å²) in [7, 11) is -4.73. The fourth-order valence-corrected chi connectivity index (χ4v) is 1.44. The third-order valence-corrected chi connectivity index (χ3v) is 2.15. The van der Waals surface area contributed by atoms with E-state index in [1.165, 1.54) is 29.8 Å². The minimum absolute atomic E-state index is 0.0486. The quantitative estimate of drug-likeness (QED) is 0.429. The lowest BCUT2D eigenvalue weighted by atomic mass is 10.3. The monoisotopic (exact) mass is 233 g/mol. The highest BCUT2D eigenvalue weighted by atomic mass is 32.2. The summed E-state index contributed by atoms with van der Waals surface area (Å²) in [6, 6.07) is 7.09. The largest absolute Gasteiger partial charge is 0.381 e. The molecule has 0 aliphatic carbocycles. The van der Waals surface area contributed by atoms with Crippen molar-refractivity contribution in [1.82, 2.24) is 5.53 Å². The summed E-state index contributed by atoms with van der Waals surface area (Å²) in [5, 5.41) is 9.01. The molecule has 0 saturated heterocycles. The molecule has 0 radical (unpaired) electrons. The fraction of sp³-hybridized carbons (Fsp3) is 0. The average Bonchev–Trinajstić information content (AvgIpc) is 2.14. The third kappa shape index (κ3) is 3.07. The molecule has 0 spiro atoms. The topological polar surface area (TPSA) is 113 Å². The maximum atomic E-state index is 10.8. The maximum Gasteiger partial charge on any atom is 0.381 e. The van der Waals surface area contributed by atoms with Crippen LogP contribution in [-0.4, -0.2) is 18.0 Å². The molecule has 82 valence electrons. The van der Waals surface area contributed by atoms with E-state index in [9.17, 15) is 18.5 Å². The summed E-state index contributed by atoms with van der Waals surface area (Å²) in [5.41, 5.74) is 1.28. The summed E-state index contributed by atoms with van der Waals surface area (Å²) in [5.74, 6) is 0. The van der Waals surface area contributed by atoms with Crippen LogP contribution in [0.15, 0.2) is 30.3 Å². The second-order valence-electron chi connectivity index (χ2n) is 2.43. The van der Waals surface area contributed by atoms with Crippen molar-refractivity contribution in [3.8, 4) is 0 Å². The molecule has 2 N–H and O–H groups in total. The Morgan fingerprint density at radius 1 is 1.33 bits per heavy atom. The average molecular weight is 233 g/mol. The van der Waals surface area contributed by atoms with E-state index in [4.69, 9.17) is 4.55 Å². The van der Waals surface area contributed by atoms with Crippen molar-refractivity contribution in [1.29, 1.82) is 0 Å². The summed E-state index contributed by atoms with van der Waals surface area (Å²) >= 11 is 0. The highest BCUT2D eigenvalue weighted by molar-refractivity contribution is 7.87. The van der Waals surface area contributed by atoms with Crippen LogP contribution in [0.5, 0.6) is 0 Å². The van der Waals surface area contributed by atoms with Crippen LogP contribution in [0.2, 0.25) is 0 Å². The first-order valence-corrected chi connectivity index (χ1v) is 5.04. The number of hydrogen-bond acceptors (Lipinski definition) is 4. The molecule has 0 bridgehead atoms. The smallest absolute Gasteiger partial charge is 0.268 e. The zero-order valence-corrected chi connectivity index (χ0v) is 8.09. The van der Waals surface area contributed by atoms with E-state index in [2.05, 4.69) is 0 Å². The van der Waals surface area contributed by atoms with Gasteiger partial charge in [0.1, 0.15) is 0 Å². The van der Waals surface area contributed by atoms with Crippen LogP contribution in [0.1, 0.15) is 0 Å². The molecule has 1 aromatic carbocycles. The van der Waals surface area contributed by atoms with Crippen molar-refractivity contribution in [3.63, 3.8) is 0 Å². The highest BCUT2D eigenvalue weighted by Gasteiger charge is 2.23. The van der Waals surface area contributed by atoms with E-state index in [0.717, 1.165) is 0 Å². The number of hydrazine groups is 2. The number of nitro groups is 1. The van der Waals surface area contributed by atoms with E-state index in [1.54, 1.807) is 6.07 Å². The van der Waals surface area contributed by atoms with E-state index in [1.807, 2.05) is 0 Å². The summed E-state index contributed by atoms with van der Waals surface area (Å²) in [6.07, 6.45) is 0. The van der Waals surface area contributed by atoms with Crippen LogP contribution in [0.4, 0.5) is 5.69 Å². The van der Waals surface area contributed by atoms with Gasteiger partial charge in [-0.25, -0.2) is 10.1 Å². The van der Waals surface area contributed by atoms with Gasteiger partial charge < -0.3 is 0 Å². The van der Waals surface area contributed by atoms with Gasteiger partial charge in [0, 0.05) is 0 Å². The van der Waals surface area contributed by atoms with Gasteiger partial charge >= 0.3 is 10.3 Å². The molecule has 0 aromatic heterocycles. The molecule has 0 aliphatic heterocycles. The van der Waals surface area contributed by atoms with Crippen molar-refractivity contribution in [3.05, 3.63) is 40.4 Å². The highest BCUT2D eigenvalue weighted by Crippen LogP contribution is 2.13. The van der Waals surface area contributed by atoms with Gasteiger partial charge in [0.2, 0.25) is 0 Å². The van der Waals surface area contributed by atoms with Crippen molar-refractivity contribution in [2.45, 2.75) is 0 Å². The minimum atomic E-state index is -4.73. The Morgan fingerprint density at radius 2 is 1.87 bits per heavy atom. The van der Waals surface area contributed by atoms with Gasteiger partial charge in [-0.2, -0.15) is 8.42 Å². The molecule has 0 fully saturated rings. The van der Waals surface area contributed by atoms with Gasteiger partial charge in [0.15, 0.2) is 5.03 Å². The molecule has 0 unspecified atom stereocenters. The zero-order valence-electron chi connectivity index (χ0n) is 7.27. The molecule has 15 heavy (non-hydrogen) atoms. The number of para-hydroxylation sites is 1. The Bertz CT molecular complexity index is 445. The van der Waals surface area contributed by atoms with E-state index in [-0.39, 0.29) is 10.1 Å². The normalized spacial score (nSPS) is 10.7. The maximum absolute atomic E-state index is 10.8. The van der Waals surface area contributed by atoms with Gasteiger partial charge in [-0.3, -0.25) is 4.55 Å². The molecule has 8 nitrogen and oxygen atoms in total. The SMILES string of the molecule is O=[N+]([O-])NN(c1ccccc1)S(=O)(=O)O. The van der Waals surface area contributed by atoms with Crippen molar-refractivity contribution in [2.75, 3.05) is 4.41 Å². The van der Waals surface area contributed by atoms with Crippen molar-refractivity contribution < 1.29 is 18.0 Å². The fourth-order valence-electron chi connectivity index (χ4n) is 0.880. The predicted octanol–water partition coefficient (Wildman–Crippen LogP) is -0.00790. The lowest BCUT2D eigenvalue weighted by Gasteiger charge is -2.15. The van der Waals surface area contributed by atoms with Gasteiger partial charge in [-0.15, -0.1) is 4.41 Å². The second-order valence-corrected chi connectivity index (χ2v) is 3.70. The standard InChI is InChI=1S/C6H7N3O5S/c10-9(11)7-8(15(12,13)14)6-4-2-1-3-5-6/h1-5,7H,(H,12,13,14). The number of anilines is 1. The Balaban J connectivity index is 3.08. The molecule has 1 aromatic rings. The van der Waals surface area contributed by atoms with E-state index in [0.29, 0.717) is 0 Å². The number of nitrogens with zero attached hydrogens (tertiary/aromatic N) is 2. The Kier molecular flexibility index (Phi) is 3.07. The first-order chi connectivity index (χ1) is 6.91. The number of hydrogen-bond donors (Lipinski definition) is 2. The first-order valence-electron chi connectivity index (χ1n) is 3.65. The van der Waals surface area contributed by atoms with E-state index >= 15 is 0 Å². The molecule has 0 aliphatic rings. The Hall–Kier alpha value is -1.87. The number of rotatable bonds is 4. The lowest BCUT2D eigenvalue weighted by molar-refractivity contribution is -0.543. The molecular formula is C6H7N3O5S. The third-order valence-electron chi connectivity index (χ3n) is 1.39. The van der Waals surface area contributed by atoms with Crippen LogP contribution in [0.3, 0.4) is 0 Å². The Morgan fingerprint density at radius 3 is 2.27 bits per heavy atom. The predicted molar refractivity (Wildman–Crippen MR) is 50.6 cm³/mol. The summed E-state index contributed by atoms with van der Waals surface area (Å²) < 4.78 is 30.3.